The highest BCUT2D eigenvalue weighted by Gasteiger charge is 2.20. The summed E-state index contributed by atoms with van der Waals surface area (Å²) in [4.78, 5) is 2.38. The van der Waals surface area contributed by atoms with Crippen molar-refractivity contribution < 1.29 is 0 Å². The fourth-order valence-electron chi connectivity index (χ4n) is 1.96. The lowest BCUT2D eigenvalue weighted by Gasteiger charge is -2.16. The van der Waals surface area contributed by atoms with Crippen molar-refractivity contribution >= 4 is 17.3 Å². The van der Waals surface area contributed by atoms with Crippen molar-refractivity contribution in [2.45, 2.75) is 20.3 Å². The molecule has 1 aromatic rings. The summed E-state index contributed by atoms with van der Waals surface area (Å²) in [6, 6.07) is 4.29. The topological polar surface area (TPSA) is 3.24 Å². The Hall–Kier alpha value is -0.690. The summed E-state index contributed by atoms with van der Waals surface area (Å²) in [6.07, 6.45) is 1.10. The lowest BCUT2D eigenvalue weighted by Crippen LogP contribution is -2.18. The predicted octanol–water partition coefficient (Wildman–Crippen LogP) is 3.03. The molecule has 0 spiro atoms. The van der Waals surface area contributed by atoms with E-state index in [-0.39, 0.29) is 0 Å². The van der Waals surface area contributed by atoms with E-state index in [1.165, 1.54) is 16.8 Å². The third-order valence-electron chi connectivity index (χ3n) is 2.77. The molecule has 0 bridgehead atoms. The van der Waals surface area contributed by atoms with Gasteiger partial charge in [-0.15, -0.1) is 0 Å². The van der Waals surface area contributed by atoms with Crippen molar-refractivity contribution in [1.29, 1.82) is 0 Å². The van der Waals surface area contributed by atoms with E-state index in [9.17, 15) is 0 Å². The monoisotopic (exact) mass is 195 g/mol. The molecule has 0 unspecified atom stereocenters. The molecule has 1 aromatic carbocycles. The molecular formula is C11H14ClN. The average molecular weight is 196 g/mol. The van der Waals surface area contributed by atoms with E-state index in [1.807, 2.05) is 0 Å². The van der Waals surface area contributed by atoms with E-state index in [2.05, 4.69) is 30.9 Å². The van der Waals surface area contributed by atoms with E-state index >= 15 is 0 Å². The number of rotatable bonds is 1. The highest BCUT2D eigenvalue weighted by molar-refractivity contribution is 6.32. The lowest BCUT2D eigenvalue weighted by atomic mass is 10.1. The van der Waals surface area contributed by atoms with Crippen LogP contribution in [0.2, 0.25) is 5.02 Å². The van der Waals surface area contributed by atoms with Crippen LogP contribution >= 0.6 is 11.6 Å². The van der Waals surface area contributed by atoms with Gasteiger partial charge in [0.1, 0.15) is 0 Å². The van der Waals surface area contributed by atoms with Crippen LogP contribution in [0.4, 0.5) is 5.69 Å². The number of anilines is 1. The summed E-state index contributed by atoms with van der Waals surface area (Å²) < 4.78 is 0. The molecule has 0 saturated carbocycles. The van der Waals surface area contributed by atoms with Crippen molar-refractivity contribution in [3.8, 4) is 0 Å². The van der Waals surface area contributed by atoms with Crippen LogP contribution in [0.1, 0.15) is 18.1 Å². The molecule has 1 aliphatic heterocycles. The Morgan fingerprint density at radius 3 is 2.92 bits per heavy atom. The number of benzene rings is 1. The zero-order valence-electron chi connectivity index (χ0n) is 8.10. The highest BCUT2D eigenvalue weighted by atomic mass is 35.5. The Morgan fingerprint density at radius 2 is 2.23 bits per heavy atom. The average Bonchev–Trinajstić information content (AvgIpc) is 2.55. The van der Waals surface area contributed by atoms with E-state index in [1.54, 1.807) is 0 Å². The second-order valence-electron chi connectivity index (χ2n) is 3.52. The van der Waals surface area contributed by atoms with Gasteiger partial charge in [-0.1, -0.05) is 17.7 Å². The van der Waals surface area contributed by atoms with Gasteiger partial charge in [0.2, 0.25) is 0 Å². The fourth-order valence-corrected chi connectivity index (χ4v) is 2.21. The number of hydrogen-bond donors (Lipinski definition) is 0. The van der Waals surface area contributed by atoms with E-state index in [0.29, 0.717) is 0 Å². The maximum atomic E-state index is 6.23. The van der Waals surface area contributed by atoms with Crippen molar-refractivity contribution in [2.24, 2.45) is 0 Å². The van der Waals surface area contributed by atoms with Crippen LogP contribution < -0.4 is 4.90 Å². The molecule has 1 aliphatic rings. The van der Waals surface area contributed by atoms with Gasteiger partial charge >= 0.3 is 0 Å². The first-order valence-corrected chi connectivity index (χ1v) is 5.14. The first-order chi connectivity index (χ1) is 6.24. The second kappa shape index (κ2) is 3.22. The molecule has 0 saturated heterocycles. The minimum absolute atomic E-state index is 0.966. The Bertz CT molecular complexity index is 333. The maximum Gasteiger partial charge on any atom is 0.0488 e. The standard InChI is InChI=1S/C11H14ClN/c1-3-13-7-6-9-10(13)5-4-8(2)11(9)12/h4-5H,3,6-7H2,1-2H3. The zero-order chi connectivity index (χ0) is 9.42. The zero-order valence-corrected chi connectivity index (χ0v) is 8.86. The van der Waals surface area contributed by atoms with Crippen LogP contribution in [0.25, 0.3) is 0 Å². The Balaban J connectivity index is 2.50. The van der Waals surface area contributed by atoms with Gasteiger partial charge in [0.15, 0.2) is 0 Å². The maximum absolute atomic E-state index is 6.23. The van der Waals surface area contributed by atoms with Crippen LogP contribution in [0, 0.1) is 6.92 Å². The summed E-state index contributed by atoms with van der Waals surface area (Å²) in [5, 5.41) is 0.966. The predicted molar refractivity (Wildman–Crippen MR) is 57.8 cm³/mol. The smallest absolute Gasteiger partial charge is 0.0488 e. The van der Waals surface area contributed by atoms with Gasteiger partial charge in [0.25, 0.3) is 0 Å². The fraction of sp³-hybridized carbons (Fsp3) is 0.455. The number of halogens is 1. The first-order valence-electron chi connectivity index (χ1n) is 4.77. The van der Waals surface area contributed by atoms with E-state index in [0.717, 1.165) is 24.5 Å². The summed E-state index contributed by atoms with van der Waals surface area (Å²) in [6.45, 7) is 6.45. The van der Waals surface area contributed by atoms with Gasteiger partial charge in [-0.3, -0.25) is 0 Å². The van der Waals surface area contributed by atoms with Crippen LogP contribution in [0.15, 0.2) is 12.1 Å². The summed E-state index contributed by atoms with van der Waals surface area (Å²) >= 11 is 6.23. The van der Waals surface area contributed by atoms with Crippen LogP contribution in [-0.4, -0.2) is 13.1 Å². The third-order valence-corrected chi connectivity index (χ3v) is 3.29. The molecular weight excluding hydrogens is 182 g/mol. The number of likely N-dealkylation sites (N-methyl/N-ethyl adjacent to an activating group) is 1. The SMILES string of the molecule is CCN1CCc2c1ccc(C)c2Cl. The number of fused-ring (bicyclic) bond motifs is 1. The lowest BCUT2D eigenvalue weighted by molar-refractivity contribution is 0.868. The Kier molecular flexibility index (Phi) is 2.20. The number of hydrogen-bond acceptors (Lipinski definition) is 1. The van der Waals surface area contributed by atoms with E-state index in [4.69, 9.17) is 11.6 Å². The molecule has 0 atom stereocenters. The first kappa shape index (κ1) is 8.89. The molecule has 1 nitrogen and oxygen atoms in total. The van der Waals surface area contributed by atoms with Crippen molar-refractivity contribution in [1.82, 2.24) is 0 Å². The molecule has 0 N–H and O–H groups in total. The summed E-state index contributed by atoms with van der Waals surface area (Å²) in [5.41, 5.74) is 3.86. The number of aryl methyl sites for hydroxylation is 1. The minimum atomic E-state index is 0.966. The van der Waals surface area contributed by atoms with Crippen LogP contribution in [0.3, 0.4) is 0 Å². The van der Waals surface area contributed by atoms with Crippen molar-refractivity contribution in [3.05, 3.63) is 28.3 Å². The van der Waals surface area contributed by atoms with Gasteiger partial charge in [-0.2, -0.15) is 0 Å². The van der Waals surface area contributed by atoms with Gasteiger partial charge in [-0.25, -0.2) is 0 Å². The summed E-state index contributed by atoms with van der Waals surface area (Å²) in [7, 11) is 0. The summed E-state index contributed by atoms with van der Waals surface area (Å²) in [5.74, 6) is 0. The minimum Gasteiger partial charge on any atom is -0.371 e. The van der Waals surface area contributed by atoms with Crippen molar-refractivity contribution in [3.63, 3.8) is 0 Å². The molecule has 1 heterocycles. The molecule has 13 heavy (non-hydrogen) atoms. The molecule has 2 heteroatoms. The molecule has 70 valence electrons. The second-order valence-corrected chi connectivity index (χ2v) is 3.90. The van der Waals surface area contributed by atoms with Gasteiger partial charge < -0.3 is 4.90 Å². The van der Waals surface area contributed by atoms with Gasteiger partial charge in [-0.05, 0) is 37.5 Å². The van der Waals surface area contributed by atoms with Crippen LogP contribution in [0.5, 0.6) is 0 Å². The molecule has 0 radical (unpaired) electrons. The van der Waals surface area contributed by atoms with Crippen LogP contribution in [-0.2, 0) is 6.42 Å². The quantitative estimate of drug-likeness (QED) is 0.666. The Labute approximate surface area is 84.3 Å². The molecule has 2 rings (SSSR count). The molecule has 0 fully saturated rings. The van der Waals surface area contributed by atoms with Crippen molar-refractivity contribution in [2.75, 3.05) is 18.0 Å². The largest absolute Gasteiger partial charge is 0.371 e. The highest BCUT2D eigenvalue weighted by Crippen LogP contribution is 2.35. The normalized spacial score (nSPS) is 14.8. The third kappa shape index (κ3) is 1.31. The number of nitrogens with zero attached hydrogens (tertiary/aromatic N) is 1. The Morgan fingerprint density at radius 1 is 1.46 bits per heavy atom. The molecule has 0 amide bonds. The van der Waals surface area contributed by atoms with Gasteiger partial charge in [0.05, 0.1) is 0 Å². The molecule has 0 aromatic heterocycles. The van der Waals surface area contributed by atoms with Gasteiger partial charge in [0, 0.05) is 23.8 Å². The molecule has 0 aliphatic carbocycles. The van der Waals surface area contributed by atoms with E-state index < -0.39 is 0 Å².